The molecule has 0 aliphatic carbocycles. The van der Waals surface area contributed by atoms with Crippen molar-refractivity contribution in [1.82, 2.24) is 15.5 Å². The van der Waals surface area contributed by atoms with Gasteiger partial charge in [0, 0.05) is 38.1 Å². The third-order valence-corrected chi connectivity index (χ3v) is 4.66. The lowest BCUT2D eigenvalue weighted by Crippen LogP contribution is -2.49. The molecule has 0 aromatic carbocycles. The van der Waals surface area contributed by atoms with Crippen LogP contribution in [0.15, 0.2) is 0 Å². The number of carbonyl (C=O) groups is 1. The standard InChI is InChI=1S/C16H31N3O2/c1-12(2)8-13-10-21-11-15(13)18-14-4-6-19(7-5-14)9-16(20)17-3/h12-15,18H,4-11H2,1-3H3,(H,17,20). The molecule has 2 heterocycles. The van der Waals surface area contributed by atoms with Crippen molar-refractivity contribution < 1.29 is 9.53 Å². The Morgan fingerprint density at radius 1 is 1.29 bits per heavy atom. The predicted octanol–water partition coefficient (Wildman–Crippen LogP) is 0.848. The summed E-state index contributed by atoms with van der Waals surface area (Å²) in [7, 11) is 1.70. The Balaban J connectivity index is 1.71. The third-order valence-electron chi connectivity index (χ3n) is 4.66. The lowest BCUT2D eigenvalue weighted by atomic mass is 9.91. The van der Waals surface area contributed by atoms with Crippen LogP contribution in [0, 0.1) is 11.8 Å². The molecule has 21 heavy (non-hydrogen) atoms. The van der Waals surface area contributed by atoms with Crippen molar-refractivity contribution in [3.63, 3.8) is 0 Å². The quantitative estimate of drug-likeness (QED) is 0.763. The Labute approximate surface area is 128 Å². The number of piperidine rings is 1. The zero-order valence-corrected chi connectivity index (χ0v) is 13.7. The smallest absolute Gasteiger partial charge is 0.233 e. The van der Waals surface area contributed by atoms with Crippen LogP contribution in [0.1, 0.15) is 33.1 Å². The summed E-state index contributed by atoms with van der Waals surface area (Å²) < 4.78 is 5.67. The molecular weight excluding hydrogens is 266 g/mol. The number of nitrogens with zero attached hydrogens (tertiary/aromatic N) is 1. The zero-order valence-electron chi connectivity index (χ0n) is 13.7. The van der Waals surface area contributed by atoms with E-state index in [0.717, 1.165) is 45.1 Å². The van der Waals surface area contributed by atoms with Crippen LogP contribution in [-0.2, 0) is 9.53 Å². The molecule has 2 saturated heterocycles. The van der Waals surface area contributed by atoms with E-state index >= 15 is 0 Å². The van der Waals surface area contributed by atoms with E-state index in [9.17, 15) is 4.79 Å². The first-order valence-corrected chi connectivity index (χ1v) is 8.35. The van der Waals surface area contributed by atoms with Gasteiger partial charge < -0.3 is 15.4 Å². The van der Waals surface area contributed by atoms with E-state index in [2.05, 4.69) is 29.4 Å². The lowest BCUT2D eigenvalue weighted by Gasteiger charge is -2.34. The van der Waals surface area contributed by atoms with Crippen LogP contribution in [0.25, 0.3) is 0 Å². The normalized spacial score (nSPS) is 28.2. The maximum Gasteiger partial charge on any atom is 0.233 e. The van der Waals surface area contributed by atoms with Gasteiger partial charge in [-0.25, -0.2) is 0 Å². The number of amides is 1. The van der Waals surface area contributed by atoms with Crippen LogP contribution in [0.2, 0.25) is 0 Å². The van der Waals surface area contributed by atoms with Crippen LogP contribution < -0.4 is 10.6 Å². The van der Waals surface area contributed by atoms with Crippen LogP contribution in [0.5, 0.6) is 0 Å². The Morgan fingerprint density at radius 2 is 2.00 bits per heavy atom. The molecule has 0 aromatic heterocycles. The molecule has 5 nitrogen and oxygen atoms in total. The van der Waals surface area contributed by atoms with Gasteiger partial charge in [-0.05, 0) is 25.2 Å². The fraction of sp³-hybridized carbons (Fsp3) is 0.938. The average Bonchev–Trinajstić information content (AvgIpc) is 2.87. The first-order valence-electron chi connectivity index (χ1n) is 8.35. The summed E-state index contributed by atoms with van der Waals surface area (Å²) in [6, 6.07) is 1.09. The van der Waals surface area contributed by atoms with Crippen LogP contribution in [0.3, 0.4) is 0 Å². The highest BCUT2D eigenvalue weighted by molar-refractivity contribution is 5.77. The monoisotopic (exact) mass is 297 g/mol. The second-order valence-electron chi connectivity index (χ2n) is 6.92. The van der Waals surface area contributed by atoms with Gasteiger partial charge in [0.2, 0.25) is 5.91 Å². The van der Waals surface area contributed by atoms with E-state index in [1.807, 2.05) is 0 Å². The average molecular weight is 297 g/mol. The number of likely N-dealkylation sites (tertiary alicyclic amines) is 1. The minimum atomic E-state index is 0.114. The molecule has 2 rings (SSSR count). The maximum atomic E-state index is 11.4. The molecule has 2 unspecified atom stereocenters. The van der Waals surface area contributed by atoms with Crippen molar-refractivity contribution >= 4 is 5.91 Å². The third kappa shape index (κ3) is 5.24. The van der Waals surface area contributed by atoms with Crippen molar-refractivity contribution in [2.45, 2.75) is 45.2 Å². The molecule has 2 fully saturated rings. The van der Waals surface area contributed by atoms with E-state index in [-0.39, 0.29) is 5.91 Å². The van der Waals surface area contributed by atoms with Gasteiger partial charge in [-0.2, -0.15) is 0 Å². The molecule has 5 heteroatoms. The van der Waals surface area contributed by atoms with E-state index in [0.29, 0.717) is 24.5 Å². The molecule has 0 bridgehead atoms. The summed E-state index contributed by atoms with van der Waals surface area (Å²) in [6.45, 7) is 8.88. The van der Waals surface area contributed by atoms with E-state index in [4.69, 9.17) is 4.74 Å². The zero-order chi connectivity index (χ0) is 15.2. The molecule has 0 spiro atoms. The Kier molecular flexibility index (Phi) is 6.45. The number of likely N-dealkylation sites (N-methyl/N-ethyl adjacent to an activating group) is 1. The molecule has 2 aliphatic rings. The predicted molar refractivity (Wildman–Crippen MR) is 84.2 cm³/mol. The van der Waals surface area contributed by atoms with Gasteiger partial charge in [-0.15, -0.1) is 0 Å². The lowest BCUT2D eigenvalue weighted by molar-refractivity contribution is -0.122. The molecule has 0 saturated carbocycles. The summed E-state index contributed by atoms with van der Waals surface area (Å²) >= 11 is 0. The van der Waals surface area contributed by atoms with E-state index < -0.39 is 0 Å². The largest absolute Gasteiger partial charge is 0.379 e. The number of hydrogen-bond acceptors (Lipinski definition) is 4. The molecule has 2 N–H and O–H groups in total. The number of rotatable bonds is 6. The van der Waals surface area contributed by atoms with Gasteiger partial charge in [-0.1, -0.05) is 13.8 Å². The summed E-state index contributed by atoms with van der Waals surface area (Å²) in [4.78, 5) is 13.6. The van der Waals surface area contributed by atoms with Crippen LogP contribution >= 0.6 is 0 Å². The number of nitrogens with one attached hydrogen (secondary N) is 2. The minimum Gasteiger partial charge on any atom is -0.379 e. The topological polar surface area (TPSA) is 53.6 Å². The van der Waals surface area contributed by atoms with Gasteiger partial charge in [0.1, 0.15) is 0 Å². The molecule has 1 amide bonds. The second kappa shape index (κ2) is 8.11. The van der Waals surface area contributed by atoms with Gasteiger partial charge in [0.25, 0.3) is 0 Å². The summed E-state index contributed by atoms with van der Waals surface area (Å²) in [5.41, 5.74) is 0. The molecule has 0 aromatic rings. The molecule has 0 radical (unpaired) electrons. The van der Waals surface area contributed by atoms with E-state index in [1.54, 1.807) is 7.05 Å². The minimum absolute atomic E-state index is 0.114. The highest BCUT2D eigenvalue weighted by atomic mass is 16.5. The van der Waals surface area contributed by atoms with Gasteiger partial charge in [-0.3, -0.25) is 9.69 Å². The van der Waals surface area contributed by atoms with Gasteiger partial charge in [0.15, 0.2) is 0 Å². The molecule has 2 atom stereocenters. The SMILES string of the molecule is CNC(=O)CN1CCC(NC2COCC2CC(C)C)CC1. The summed E-state index contributed by atoms with van der Waals surface area (Å²) in [5, 5.41) is 6.50. The second-order valence-corrected chi connectivity index (χ2v) is 6.92. The number of carbonyl (C=O) groups excluding carboxylic acids is 1. The van der Waals surface area contributed by atoms with Crippen LogP contribution in [0.4, 0.5) is 0 Å². The van der Waals surface area contributed by atoms with Crippen molar-refractivity contribution in [3.8, 4) is 0 Å². The molecular formula is C16H31N3O2. The Bertz CT molecular complexity index is 327. The molecule has 2 aliphatic heterocycles. The highest BCUT2D eigenvalue weighted by Crippen LogP contribution is 2.23. The van der Waals surface area contributed by atoms with Crippen molar-refractivity contribution in [3.05, 3.63) is 0 Å². The van der Waals surface area contributed by atoms with Crippen LogP contribution in [-0.4, -0.2) is 62.8 Å². The molecule has 122 valence electrons. The summed E-state index contributed by atoms with van der Waals surface area (Å²) in [5.74, 6) is 1.51. The van der Waals surface area contributed by atoms with E-state index in [1.165, 1.54) is 6.42 Å². The fourth-order valence-electron chi connectivity index (χ4n) is 3.46. The van der Waals surface area contributed by atoms with Gasteiger partial charge >= 0.3 is 0 Å². The number of hydrogen-bond donors (Lipinski definition) is 2. The fourth-order valence-corrected chi connectivity index (χ4v) is 3.46. The Morgan fingerprint density at radius 3 is 2.62 bits per heavy atom. The highest BCUT2D eigenvalue weighted by Gasteiger charge is 2.31. The Hall–Kier alpha value is -0.650. The first-order chi connectivity index (χ1) is 10.1. The summed E-state index contributed by atoms with van der Waals surface area (Å²) in [6.07, 6.45) is 3.50. The van der Waals surface area contributed by atoms with Gasteiger partial charge in [0.05, 0.1) is 19.8 Å². The maximum absolute atomic E-state index is 11.4. The van der Waals surface area contributed by atoms with Crippen molar-refractivity contribution in [1.29, 1.82) is 0 Å². The van der Waals surface area contributed by atoms with Crippen molar-refractivity contribution in [2.24, 2.45) is 11.8 Å². The number of ether oxygens (including phenoxy) is 1. The van der Waals surface area contributed by atoms with Crippen molar-refractivity contribution in [2.75, 3.05) is 39.9 Å². The first kappa shape index (κ1) is 16.7.